The Bertz CT molecular complexity index is 1080. The summed E-state index contributed by atoms with van der Waals surface area (Å²) >= 11 is 1.48. The van der Waals surface area contributed by atoms with Crippen LogP contribution in [-0.2, 0) is 10.4 Å². The van der Waals surface area contributed by atoms with Crippen LogP contribution < -0.4 is 10.7 Å². The molecule has 1 aromatic heterocycles. The van der Waals surface area contributed by atoms with Crippen molar-refractivity contribution in [3.8, 4) is 0 Å². The first-order chi connectivity index (χ1) is 17.5. The van der Waals surface area contributed by atoms with Crippen LogP contribution in [0.3, 0.4) is 0 Å². The molecule has 2 aliphatic carbocycles. The molecular formula is C24H31F3N6O3S. The number of carbonyl (C=O) groups excluding carboxylic acids is 1. The Morgan fingerprint density at radius 2 is 2.11 bits per heavy atom. The summed E-state index contributed by atoms with van der Waals surface area (Å²) in [7, 11) is 1.75. The number of aliphatic hydroxyl groups excluding tert-OH is 1. The first-order valence-electron chi connectivity index (χ1n) is 12.4. The van der Waals surface area contributed by atoms with Crippen LogP contribution in [0.4, 0.5) is 13.2 Å². The zero-order chi connectivity index (χ0) is 26.4. The molecule has 0 bridgehead atoms. The molecule has 5 rings (SSSR count). The van der Waals surface area contributed by atoms with Crippen molar-refractivity contribution in [2.24, 2.45) is 10.9 Å². The minimum atomic E-state index is -4.75. The number of aliphatic hydroxyl groups is 2. The monoisotopic (exact) mass is 540 g/mol. The SMILES string of the molecule is CN1NC(=NCC(=O)NC2CN(C3CCC(O)(c4cncs4)CC3)C2)C2C=C(C(O)C(F)(F)F)C=CC21. The highest BCUT2D eigenvalue weighted by Gasteiger charge is 2.44. The molecular weight excluding hydrogens is 509 g/mol. The largest absolute Gasteiger partial charge is 0.418 e. The standard InChI is InChI=1S/C24H31F3N6O3S/c1-32-18-3-2-14(21(35)24(25,26)27)8-17(18)22(31-32)29-10-20(34)30-15-11-33(12-15)16-4-6-23(36,7-5-16)19-9-28-13-37-19/h2-3,8-9,13,15-18,21,35-36H,4-7,10-12H2,1H3,(H,29,31)(H,30,34). The highest BCUT2D eigenvalue weighted by Crippen LogP contribution is 2.40. The van der Waals surface area contributed by atoms with Gasteiger partial charge in [0.2, 0.25) is 5.91 Å². The Kier molecular flexibility index (Phi) is 7.18. The Hall–Kier alpha value is -2.32. The third-order valence-electron chi connectivity index (χ3n) is 7.76. The van der Waals surface area contributed by atoms with Gasteiger partial charge in [0.05, 0.1) is 28.4 Å². The molecule has 4 aliphatic rings. The van der Waals surface area contributed by atoms with Gasteiger partial charge in [0.25, 0.3) is 0 Å². The number of amides is 1. The predicted molar refractivity (Wildman–Crippen MR) is 132 cm³/mol. The molecule has 1 aromatic rings. The van der Waals surface area contributed by atoms with E-state index in [4.69, 9.17) is 0 Å². The van der Waals surface area contributed by atoms with E-state index < -0.39 is 23.8 Å². The number of amidine groups is 1. The van der Waals surface area contributed by atoms with E-state index in [0.717, 1.165) is 30.8 Å². The Morgan fingerprint density at radius 1 is 1.38 bits per heavy atom. The number of likely N-dealkylation sites (tertiary alicyclic amines) is 1. The number of hydrogen-bond acceptors (Lipinski definition) is 8. The van der Waals surface area contributed by atoms with Gasteiger partial charge in [-0.05, 0) is 31.3 Å². The number of alkyl halides is 3. The normalized spacial score (nSPS) is 33.0. The second-order valence-electron chi connectivity index (χ2n) is 10.3. The number of nitrogens with one attached hydrogen (secondary N) is 2. The molecule has 3 unspecified atom stereocenters. The number of halogens is 3. The summed E-state index contributed by atoms with van der Waals surface area (Å²) < 4.78 is 38.9. The summed E-state index contributed by atoms with van der Waals surface area (Å²) in [6, 6.07) is 0.146. The number of carbonyl (C=O) groups is 1. The van der Waals surface area contributed by atoms with E-state index in [9.17, 15) is 28.2 Å². The maximum absolute atomic E-state index is 13.0. The van der Waals surface area contributed by atoms with Crippen LogP contribution in [0.2, 0.25) is 0 Å². The van der Waals surface area contributed by atoms with Crippen molar-refractivity contribution in [2.45, 2.75) is 61.7 Å². The number of hydrogen-bond donors (Lipinski definition) is 4. The lowest BCUT2D eigenvalue weighted by Gasteiger charge is -2.48. The fraction of sp³-hybridized carbons (Fsp3) is 0.625. The van der Waals surface area contributed by atoms with Gasteiger partial charge in [-0.2, -0.15) is 13.2 Å². The highest BCUT2D eigenvalue weighted by atomic mass is 32.1. The van der Waals surface area contributed by atoms with E-state index in [2.05, 4.69) is 25.6 Å². The van der Waals surface area contributed by atoms with E-state index in [0.29, 0.717) is 24.7 Å². The molecule has 9 nitrogen and oxygen atoms in total. The average molecular weight is 541 g/mol. The van der Waals surface area contributed by atoms with E-state index in [-0.39, 0.29) is 30.1 Å². The van der Waals surface area contributed by atoms with Crippen molar-refractivity contribution in [1.29, 1.82) is 0 Å². The second-order valence-corrected chi connectivity index (χ2v) is 11.1. The van der Waals surface area contributed by atoms with Crippen molar-refractivity contribution in [1.82, 2.24) is 25.6 Å². The van der Waals surface area contributed by atoms with Crippen molar-refractivity contribution >= 4 is 23.1 Å². The molecule has 0 aromatic carbocycles. The lowest BCUT2D eigenvalue weighted by Crippen LogP contribution is -2.63. The summed E-state index contributed by atoms with van der Waals surface area (Å²) in [5.41, 5.74) is 3.73. The van der Waals surface area contributed by atoms with Crippen molar-refractivity contribution in [3.05, 3.63) is 40.4 Å². The van der Waals surface area contributed by atoms with E-state index in [1.54, 1.807) is 29.8 Å². The quantitative estimate of drug-likeness (QED) is 0.431. The number of hydrazine groups is 1. The van der Waals surface area contributed by atoms with Gasteiger partial charge in [0.15, 0.2) is 6.10 Å². The molecule has 4 N–H and O–H groups in total. The molecule has 2 aliphatic heterocycles. The van der Waals surface area contributed by atoms with Crippen LogP contribution in [0.15, 0.2) is 40.5 Å². The number of fused-ring (bicyclic) bond motifs is 1. The zero-order valence-electron chi connectivity index (χ0n) is 20.4. The van der Waals surface area contributed by atoms with Gasteiger partial charge < -0.3 is 21.0 Å². The first kappa shape index (κ1) is 26.3. The molecule has 1 amide bonds. The van der Waals surface area contributed by atoms with E-state index in [1.807, 2.05) is 0 Å². The maximum Gasteiger partial charge on any atom is 0.418 e. The van der Waals surface area contributed by atoms with Crippen LogP contribution in [-0.4, -0.2) is 93.9 Å². The minimum absolute atomic E-state index is 0.0213. The number of likely N-dealkylation sites (N-methyl/N-ethyl adjacent to an activating group) is 1. The molecule has 3 fully saturated rings. The van der Waals surface area contributed by atoms with Crippen LogP contribution in [0, 0.1) is 5.92 Å². The van der Waals surface area contributed by atoms with Gasteiger partial charge in [-0.25, -0.2) is 5.01 Å². The maximum atomic E-state index is 13.0. The van der Waals surface area contributed by atoms with Crippen LogP contribution in [0.25, 0.3) is 0 Å². The third kappa shape index (κ3) is 5.46. The zero-order valence-corrected chi connectivity index (χ0v) is 21.2. The second kappa shape index (κ2) is 10.1. The van der Waals surface area contributed by atoms with Crippen LogP contribution >= 0.6 is 11.3 Å². The summed E-state index contributed by atoms with van der Waals surface area (Å²) in [6.07, 6.45) is 1.82. The van der Waals surface area contributed by atoms with Gasteiger partial charge in [-0.1, -0.05) is 18.2 Å². The Balaban J connectivity index is 1.09. The molecule has 0 spiro atoms. The summed E-state index contributed by atoms with van der Waals surface area (Å²) in [5.74, 6) is -0.368. The summed E-state index contributed by atoms with van der Waals surface area (Å²) in [6.45, 7) is 1.34. The third-order valence-corrected chi connectivity index (χ3v) is 8.73. The lowest BCUT2D eigenvalue weighted by atomic mass is 9.80. The van der Waals surface area contributed by atoms with Gasteiger partial charge >= 0.3 is 6.18 Å². The van der Waals surface area contributed by atoms with Crippen LogP contribution in [0.1, 0.15) is 30.6 Å². The van der Waals surface area contributed by atoms with Gasteiger partial charge in [-0.15, -0.1) is 11.3 Å². The number of nitrogens with zero attached hydrogens (tertiary/aromatic N) is 4. The van der Waals surface area contributed by atoms with E-state index >= 15 is 0 Å². The van der Waals surface area contributed by atoms with Gasteiger partial charge in [0, 0.05) is 32.4 Å². The lowest BCUT2D eigenvalue weighted by molar-refractivity contribution is -0.190. The predicted octanol–water partition coefficient (Wildman–Crippen LogP) is 1.33. The molecule has 202 valence electrons. The number of aliphatic imine (C=N–C) groups is 1. The number of rotatable bonds is 6. The van der Waals surface area contributed by atoms with Crippen molar-refractivity contribution in [2.75, 3.05) is 26.7 Å². The first-order valence-corrected chi connectivity index (χ1v) is 13.2. The van der Waals surface area contributed by atoms with Crippen molar-refractivity contribution in [3.63, 3.8) is 0 Å². The Morgan fingerprint density at radius 3 is 2.76 bits per heavy atom. The summed E-state index contributed by atoms with van der Waals surface area (Å²) in [4.78, 5) is 24.2. The molecule has 2 saturated heterocycles. The van der Waals surface area contributed by atoms with Gasteiger partial charge in [0.1, 0.15) is 18.0 Å². The molecule has 37 heavy (non-hydrogen) atoms. The molecule has 3 atom stereocenters. The molecule has 0 radical (unpaired) electrons. The highest BCUT2D eigenvalue weighted by molar-refractivity contribution is 7.09. The molecule has 1 saturated carbocycles. The van der Waals surface area contributed by atoms with Gasteiger partial charge in [-0.3, -0.25) is 19.7 Å². The smallest absolute Gasteiger partial charge is 0.384 e. The number of aromatic nitrogens is 1. The van der Waals surface area contributed by atoms with Crippen LogP contribution in [0.5, 0.6) is 0 Å². The minimum Gasteiger partial charge on any atom is -0.384 e. The average Bonchev–Trinajstić information content (AvgIpc) is 3.48. The fourth-order valence-electron chi connectivity index (χ4n) is 5.61. The Labute approximate surface area is 216 Å². The van der Waals surface area contributed by atoms with E-state index in [1.165, 1.54) is 23.5 Å². The molecule has 3 heterocycles. The topological polar surface area (TPSA) is 113 Å². The summed E-state index contributed by atoms with van der Waals surface area (Å²) in [5, 5.41) is 25.2. The molecule has 13 heteroatoms. The van der Waals surface area contributed by atoms with Crippen molar-refractivity contribution < 1.29 is 28.2 Å². The number of thiazole rings is 1. The fourth-order valence-corrected chi connectivity index (χ4v) is 6.39.